The lowest BCUT2D eigenvalue weighted by atomic mass is 9.81. The summed E-state index contributed by atoms with van der Waals surface area (Å²) in [7, 11) is 2.37. The summed E-state index contributed by atoms with van der Waals surface area (Å²) in [6.07, 6.45) is 9.84. The van der Waals surface area contributed by atoms with Crippen molar-refractivity contribution in [2.75, 3.05) is 26.7 Å². The summed E-state index contributed by atoms with van der Waals surface area (Å²) in [6.45, 7) is 6.17. The van der Waals surface area contributed by atoms with Crippen molar-refractivity contribution in [3.8, 4) is 0 Å². The lowest BCUT2D eigenvalue weighted by Crippen LogP contribution is -2.56. The molecule has 3 aliphatic rings. The van der Waals surface area contributed by atoms with E-state index in [1.165, 1.54) is 64.6 Å². The quantitative estimate of drug-likeness (QED) is 0.783. The van der Waals surface area contributed by atoms with Gasteiger partial charge in [0, 0.05) is 24.2 Å². The van der Waals surface area contributed by atoms with Crippen molar-refractivity contribution >= 4 is 0 Å². The number of nitrogens with one attached hydrogen (secondary N) is 1. The van der Waals surface area contributed by atoms with Crippen molar-refractivity contribution in [1.82, 2.24) is 15.1 Å². The van der Waals surface area contributed by atoms with Crippen LogP contribution in [0.2, 0.25) is 0 Å². The van der Waals surface area contributed by atoms with Gasteiger partial charge in [0.1, 0.15) is 0 Å². The monoisotopic (exact) mass is 265 g/mol. The first-order valence-electron chi connectivity index (χ1n) is 8.43. The normalized spacial score (nSPS) is 42.6. The van der Waals surface area contributed by atoms with E-state index in [-0.39, 0.29) is 0 Å². The van der Waals surface area contributed by atoms with Crippen LogP contribution in [0.15, 0.2) is 0 Å². The smallest absolute Gasteiger partial charge is 0.0125 e. The van der Waals surface area contributed by atoms with E-state index in [2.05, 4.69) is 29.1 Å². The second-order valence-corrected chi connectivity index (χ2v) is 7.06. The number of fused-ring (bicyclic) bond motifs is 2. The molecule has 110 valence electrons. The molecule has 3 unspecified atom stereocenters. The lowest BCUT2D eigenvalue weighted by molar-refractivity contribution is 0.00625. The Hall–Kier alpha value is -0.120. The van der Waals surface area contributed by atoms with Crippen LogP contribution in [0.1, 0.15) is 51.9 Å². The van der Waals surface area contributed by atoms with Crippen LogP contribution in [-0.2, 0) is 0 Å². The zero-order valence-corrected chi connectivity index (χ0v) is 12.8. The highest BCUT2D eigenvalue weighted by Gasteiger charge is 2.38. The van der Waals surface area contributed by atoms with E-state index in [1.807, 2.05) is 0 Å². The minimum atomic E-state index is 0.702. The van der Waals surface area contributed by atoms with Crippen LogP contribution in [0, 0.1) is 0 Å². The van der Waals surface area contributed by atoms with E-state index < -0.39 is 0 Å². The van der Waals surface area contributed by atoms with Gasteiger partial charge in [-0.15, -0.1) is 0 Å². The number of rotatable bonds is 1. The average Bonchev–Trinajstić information content (AvgIpc) is 2.35. The summed E-state index contributed by atoms with van der Waals surface area (Å²) < 4.78 is 0. The average molecular weight is 265 g/mol. The number of hydrogen-bond donors (Lipinski definition) is 1. The first-order valence-corrected chi connectivity index (χ1v) is 8.43. The van der Waals surface area contributed by atoms with Crippen molar-refractivity contribution in [1.29, 1.82) is 0 Å². The Morgan fingerprint density at radius 3 is 2.37 bits per heavy atom. The van der Waals surface area contributed by atoms with Crippen molar-refractivity contribution in [3.05, 3.63) is 0 Å². The highest BCUT2D eigenvalue weighted by Crippen LogP contribution is 2.34. The highest BCUT2D eigenvalue weighted by atomic mass is 15.2. The van der Waals surface area contributed by atoms with E-state index >= 15 is 0 Å². The molecule has 3 saturated heterocycles. The van der Waals surface area contributed by atoms with Gasteiger partial charge in [0.05, 0.1) is 0 Å². The molecule has 1 N–H and O–H groups in total. The lowest BCUT2D eigenvalue weighted by Gasteiger charge is -2.50. The zero-order valence-electron chi connectivity index (χ0n) is 12.8. The Balaban J connectivity index is 1.61. The van der Waals surface area contributed by atoms with Crippen LogP contribution in [-0.4, -0.2) is 60.6 Å². The predicted octanol–water partition coefficient (Wildman–Crippen LogP) is 2.08. The van der Waals surface area contributed by atoms with Crippen molar-refractivity contribution in [3.63, 3.8) is 0 Å². The van der Waals surface area contributed by atoms with E-state index in [9.17, 15) is 0 Å². The molecule has 2 bridgehead atoms. The van der Waals surface area contributed by atoms with Crippen LogP contribution in [0.5, 0.6) is 0 Å². The molecule has 0 aromatic carbocycles. The first-order chi connectivity index (χ1) is 9.24. The fraction of sp³-hybridized carbons (Fsp3) is 1.00. The van der Waals surface area contributed by atoms with Gasteiger partial charge in [0.25, 0.3) is 0 Å². The molecule has 3 rings (SSSR count). The maximum absolute atomic E-state index is 3.62. The van der Waals surface area contributed by atoms with Crippen LogP contribution >= 0.6 is 0 Å². The molecule has 19 heavy (non-hydrogen) atoms. The minimum absolute atomic E-state index is 0.702. The second kappa shape index (κ2) is 6.11. The molecule has 0 aromatic heterocycles. The minimum Gasteiger partial charge on any atom is -0.314 e. The molecule has 3 aliphatic heterocycles. The van der Waals surface area contributed by atoms with E-state index in [1.54, 1.807) is 0 Å². The highest BCUT2D eigenvalue weighted by molar-refractivity contribution is 4.94. The van der Waals surface area contributed by atoms with Crippen molar-refractivity contribution in [2.45, 2.75) is 76.0 Å². The summed E-state index contributed by atoms with van der Waals surface area (Å²) in [5.74, 6) is 0. The van der Waals surface area contributed by atoms with Gasteiger partial charge < -0.3 is 15.1 Å². The molecule has 3 heteroatoms. The van der Waals surface area contributed by atoms with Gasteiger partial charge in [-0.3, -0.25) is 0 Å². The predicted molar refractivity (Wildman–Crippen MR) is 80.5 cm³/mol. The molecule has 3 nitrogen and oxygen atoms in total. The number of piperidine rings is 2. The van der Waals surface area contributed by atoms with Gasteiger partial charge in [0.2, 0.25) is 0 Å². The number of hydrogen-bond acceptors (Lipinski definition) is 3. The number of nitrogens with zero attached hydrogens (tertiary/aromatic N) is 2. The summed E-state index contributed by atoms with van der Waals surface area (Å²) in [5.41, 5.74) is 0. The Morgan fingerprint density at radius 1 is 0.895 bits per heavy atom. The van der Waals surface area contributed by atoms with Gasteiger partial charge in [-0.1, -0.05) is 6.42 Å². The molecule has 0 aromatic rings. The molecular weight excluding hydrogens is 234 g/mol. The molecule has 0 aliphatic carbocycles. The van der Waals surface area contributed by atoms with Crippen LogP contribution in [0.3, 0.4) is 0 Å². The maximum atomic E-state index is 3.62. The van der Waals surface area contributed by atoms with Crippen molar-refractivity contribution < 1.29 is 0 Å². The summed E-state index contributed by atoms with van der Waals surface area (Å²) in [5, 5.41) is 3.62. The molecular formula is C16H31N3. The fourth-order valence-electron chi connectivity index (χ4n) is 4.45. The summed E-state index contributed by atoms with van der Waals surface area (Å²) in [4.78, 5) is 5.52. The third-order valence-corrected chi connectivity index (χ3v) is 5.80. The van der Waals surface area contributed by atoms with Gasteiger partial charge in [0.15, 0.2) is 0 Å². The van der Waals surface area contributed by atoms with E-state index in [4.69, 9.17) is 0 Å². The molecule has 3 atom stereocenters. The Kier molecular flexibility index (Phi) is 4.45. The van der Waals surface area contributed by atoms with E-state index in [0.717, 1.165) is 18.1 Å². The van der Waals surface area contributed by atoms with Gasteiger partial charge in [-0.25, -0.2) is 0 Å². The first kappa shape index (κ1) is 13.8. The third-order valence-electron chi connectivity index (χ3n) is 5.80. The summed E-state index contributed by atoms with van der Waals surface area (Å²) in [6, 6.07) is 3.32. The topological polar surface area (TPSA) is 18.5 Å². The van der Waals surface area contributed by atoms with Gasteiger partial charge in [-0.2, -0.15) is 0 Å². The van der Waals surface area contributed by atoms with Gasteiger partial charge in [-0.05, 0) is 72.1 Å². The molecule has 0 spiro atoms. The molecule has 0 amide bonds. The van der Waals surface area contributed by atoms with Crippen LogP contribution in [0.4, 0.5) is 0 Å². The second-order valence-electron chi connectivity index (χ2n) is 7.06. The molecule has 0 radical (unpaired) electrons. The Morgan fingerprint density at radius 2 is 1.63 bits per heavy atom. The van der Waals surface area contributed by atoms with Crippen LogP contribution in [0.25, 0.3) is 0 Å². The summed E-state index contributed by atoms with van der Waals surface area (Å²) >= 11 is 0. The van der Waals surface area contributed by atoms with Gasteiger partial charge >= 0.3 is 0 Å². The molecule has 0 saturated carbocycles. The van der Waals surface area contributed by atoms with E-state index in [0.29, 0.717) is 6.04 Å². The SMILES string of the molecule is CC1CCN(C2CC3CCCC(C2)N3C)CCCN1. The largest absolute Gasteiger partial charge is 0.314 e. The van der Waals surface area contributed by atoms with Crippen LogP contribution < -0.4 is 5.32 Å². The zero-order chi connectivity index (χ0) is 13.2. The third kappa shape index (κ3) is 3.14. The maximum Gasteiger partial charge on any atom is 0.0125 e. The van der Waals surface area contributed by atoms with Crippen molar-refractivity contribution in [2.24, 2.45) is 0 Å². The standard InChI is InChI=1S/C16H31N3/c1-13-7-10-19(9-4-8-17-13)16-11-14-5-3-6-15(12-16)18(14)2/h13-17H,3-12H2,1-2H3. The molecule has 3 fully saturated rings. The Bertz CT molecular complexity index is 280. The molecule has 3 heterocycles. The fourth-order valence-corrected chi connectivity index (χ4v) is 4.45. The Labute approximate surface area is 118 Å².